The van der Waals surface area contributed by atoms with Crippen LogP contribution in [0.4, 0.5) is 8.78 Å². The molecule has 1 aromatic heterocycles. The number of carbonyl (C=O) groups is 1. The van der Waals surface area contributed by atoms with Gasteiger partial charge in [-0.25, -0.2) is 13.8 Å². The Bertz CT molecular complexity index is 1030. The third kappa shape index (κ3) is 7.69. The molecule has 1 N–H and O–H groups in total. The Morgan fingerprint density at radius 1 is 1.03 bits per heavy atom. The first-order valence-corrected chi connectivity index (χ1v) is 12.2. The summed E-state index contributed by atoms with van der Waals surface area (Å²) in [5.41, 5.74) is 1.64. The van der Waals surface area contributed by atoms with E-state index in [9.17, 15) is 18.7 Å². The lowest BCUT2D eigenvalue weighted by Gasteiger charge is -2.33. The molecule has 0 amide bonds. The van der Waals surface area contributed by atoms with Crippen LogP contribution in [0, 0.1) is 0 Å². The summed E-state index contributed by atoms with van der Waals surface area (Å²) in [5, 5.41) is 12.2. The smallest absolute Gasteiger partial charge is 0.324 e. The molecule has 0 fully saturated rings. The first kappa shape index (κ1) is 27.0. The van der Waals surface area contributed by atoms with E-state index in [1.807, 2.05) is 24.3 Å². The van der Waals surface area contributed by atoms with Crippen molar-refractivity contribution in [1.82, 2.24) is 9.88 Å². The number of rotatable bonds is 13. The molecule has 0 saturated carbocycles. The summed E-state index contributed by atoms with van der Waals surface area (Å²) >= 11 is 4.39. The summed E-state index contributed by atoms with van der Waals surface area (Å²) < 4.78 is 42.5. The Kier molecular flexibility index (Phi) is 9.96. The van der Waals surface area contributed by atoms with Crippen LogP contribution in [0.15, 0.2) is 58.5 Å². The average molecular weight is 571 g/mol. The fourth-order valence-corrected chi connectivity index (χ4v) is 4.87. The van der Waals surface area contributed by atoms with Gasteiger partial charge >= 0.3 is 5.97 Å². The Morgan fingerprint density at radius 3 is 1.91 bits per heavy atom. The highest BCUT2D eigenvalue weighted by atomic mass is 79.9. The molecule has 2 atom stereocenters. The maximum atomic E-state index is 13.1. The lowest BCUT2D eigenvalue weighted by Crippen LogP contribution is -2.45. The molecule has 35 heavy (non-hydrogen) atoms. The van der Waals surface area contributed by atoms with E-state index in [2.05, 4.69) is 20.9 Å². The van der Waals surface area contributed by atoms with Crippen LogP contribution in [-0.2, 0) is 22.6 Å². The number of hydrogen-bond acceptors (Lipinski definition) is 7. The number of halogens is 3. The maximum Gasteiger partial charge on any atom is 0.324 e. The summed E-state index contributed by atoms with van der Waals surface area (Å²) in [6.45, 7) is -0.479. The van der Waals surface area contributed by atoms with E-state index in [0.29, 0.717) is 21.1 Å². The number of hydrogen-bond donors (Lipinski definition) is 1. The normalized spacial score (nSPS) is 13.1. The van der Waals surface area contributed by atoms with Gasteiger partial charge in [0.25, 0.3) is 6.43 Å². The van der Waals surface area contributed by atoms with E-state index in [4.69, 9.17) is 14.2 Å². The van der Waals surface area contributed by atoms with Gasteiger partial charge in [-0.15, -0.1) is 11.3 Å². The number of methoxy groups -OCH3 is 2. The SMILES string of the molecule is COc1ccc(CN(Cc2ccc(OC)cc2)[C@H](C(=O)O)[C@H](OCC(F)F)c2nc(Br)cs2)cc1. The van der Waals surface area contributed by atoms with Gasteiger partial charge in [0.15, 0.2) is 0 Å². The lowest BCUT2D eigenvalue weighted by atomic mass is 10.1. The molecule has 0 aliphatic heterocycles. The van der Waals surface area contributed by atoms with Gasteiger partial charge in [0.1, 0.15) is 39.9 Å². The van der Waals surface area contributed by atoms with Crippen LogP contribution >= 0.6 is 27.3 Å². The van der Waals surface area contributed by atoms with Crippen LogP contribution in [0.5, 0.6) is 11.5 Å². The monoisotopic (exact) mass is 570 g/mol. The molecule has 0 radical (unpaired) electrons. The largest absolute Gasteiger partial charge is 0.497 e. The molecule has 7 nitrogen and oxygen atoms in total. The summed E-state index contributed by atoms with van der Waals surface area (Å²) in [7, 11) is 3.12. The first-order valence-electron chi connectivity index (χ1n) is 10.5. The summed E-state index contributed by atoms with van der Waals surface area (Å²) in [6.07, 6.45) is -3.97. The van der Waals surface area contributed by atoms with Crippen LogP contribution in [0.2, 0.25) is 0 Å². The summed E-state index contributed by atoms with van der Waals surface area (Å²) in [5.74, 6) is 0.115. The number of alkyl halides is 2. The van der Waals surface area contributed by atoms with Gasteiger partial charge in [-0.2, -0.15) is 0 Å². The third-order valence-electron chi connectivity index (χ3n) is 5.16. The number of carboxylic acids is 1. The van der Waals surface area contributed by atoms with E-state index in [-0.39, 0.29) is 13.1 Å². The number of nitrogens with zero attached hydrogens (tertiary/aromatic N) is 2. The Hall–Kier alpha value is -2.60. The lowest BCUT2D eigenvalue weighted by molar-refractivity contribution is -0.153. The zero-order valence-electron chi connectivity index (χ0n) is 19.1. The molecule has 3 rings (SSSR count). The van der Waals surface area contributed by atoms with Gasteiger partial charge in [-0.05, 0) is 51.3 Å². The minimum absolute atomic E-state index is 0.216. The number of benzene rings is 2. The highest BCUT2D eigenvalue weighted by Gasteiger charge is 2.38. The quantitative estimate of drug-likeness (QED) is 0.294. The van der Waals surface area contributed by atoms with Crippen molar-refractivity contribution in [3.8, 4) is 11.5 Å². The summed E-state index contributed by atoms with van der Waals surface area (Å²) in [6, 6.07) is 13.1. The molecule has 0 spiro atoms. The number of thiazole rings is 1. The fourth-order valence-electron chi connectivity index (χ4n) is 3.53. The molecule has 2 aromatic carbocycles. The zero-order valence-corrected chi connectivity index (χ0v) is 21.5. The van der Waals surface area contributed by atoms with Gasteiger partial charge in [-0.3, -0.25) is 9.69 Å². The van der Waals surface area contributed by atoms with Crippen molar-refractivity contribution in [2.45, 2.75) is 31.7 Å². The van der Waals surface area contributed by atoms with Gasteiger partial charge < -0.3 is 19.3 Å². The molecule has 0 aliphatic carbocycles. The van der Waals surface area contributed by atoms with Gasteiger partial charge in [0, 0.05) is 18.5 Å². The van der Waals surface area contributed by atoms with Gasteiger partial charge in [-0.1, -0.05) is 24.3 Å². The topological polar surface area (TPSA) is 81.1 Å². The fraction of sp³-hybridized carbons (Fsp3) is 0.333. The Labute approximate surface area is 214 Å². The van der Waals surface area contributed by atoms with E-state index < -0.39 is 31.1 Å². The number of aromatic nitrogens is 1. The second kappa shape index (κ2) is 12.9. The molecular weight excluding hydrogens is 546 g/mol. The van der Waals surface area contributed by atoms with Crippen LogP contribution in [0.1, 0.15) is 22.2 Å². The van der Waals surface area contributed by atoms with E-state index in [1.165, 1.54) is 0 Å². The average Bonchev–Trinajstić information content (AvgIpc) is 3.27. The van der Waals surface area contributed by atoms with E-state index in [0.717, 1.165) is 22.5 Å². The summed E-state index contributed by atoms with van der Waals surface area (Å²) in [4.78, 5) is 18.6. The molecule has 3 aromatic rings. The predicted octanol–water partition coefficient (Wildman–Crippen LogP) is 5.40. The second-order valence-electron chi connectivity index (χ2n) is 7.54. The van der Waals surface area contributed by atoms with Crippen molar-refractivity contribution in [3.63, 3.8) is 0 Å². The van der Waals surface area contributed by atoms with Crippen LogP contribution in [-0.4, -0.2) is 54.3 Å². The molecule has 188 valence electrons. The Morgan fingerprint density at radius 2 is 1.54 bits per heavy atom. The van der Waals surface area contributed by atoms with Crippen molar-refractivity contribution < 1.29 is 32.9 Å². The standard InChI is InChI=1S/C24H25BrF2N2O5S/c1-32-17-7-3-15(4-8-17)11-29(12-16-5-9-18(33-2)10-6-16)21(24(30)31)22(34-13-20(26)27)23-28-19(25)14-35-23/h3-10,14,20-22H,11-13H2,1-2H3,(H,30,31)/t21-,22-/m0/s1. The van der Waals surface area contributed by atoms with Crippen LogP contribution in [0.3, 0.4) is 0 Å². The molecule has 0 bridgehead atoms. The molecular formula is C24H25BrF2N2O5S. The molecule has 0 aliphatic rings. The van der Waals surface area contributed by atoms with E-state index in [1.54, 1.807) is 48.8 Å². The number of carboxylic acid groups (broad SMARTS) is 1. The molecule has 0 saturated heterocycles. The van der Waals surface area contributed by atoms with Crippen molar-refractivity contribution in [2.75, 3.05) is 20.8 Å². The van der Waals surface area contributed by atoms with Crippen molar-refractivity contribution >= 4 is 33.2 Å². The number of aliphatic carboxylic acids is 1. The minimum Gasteiger partial charge on any atom is -0.497 e. The third-order valence-corrected chi connectivity index (χ3v) is 6.78. The Balaban J connectivity index is 2.00. The van der Waals surface area contributed by atoms with Crippen LogP contribution in [0.25, 0.3) is 0 Å². The maximum absolute atomic E-state index is 13.1. The van der Waals surface area contributed by atoms with Crippen molar-refractivity contribution in [2.24, 2.45) is 0 Å². The zero-order chi connectivity index (χ0) is 25.4. The second-order valence-corrected chi connectivity index (χ2v) is 9.24. The molecule has 11 heteroatoms. The highest BCUT2D eigenvalue weighted by Crippen LogP contribution is 2.32. The minimum atomic E-state index is -2.76. The first-order chi connectivity index (χ1) is 16.8. The van der Waals surface area contributed by atoms with Crippen molar-refractivity contribution in [3.05, 3.63) is 74.6 Å². The predicted molar refractivity (Wildman–Crippen MR) is 131 cm³/mol. The van der Waals surface area contributed by atoms with Crippen molar-refractivity contribution in [1.29, 1.82) is 0 Å². The molecule has 0 unspecified atom stereocenters. The number of ether oxygens (including phenoxy) is 3. The highest BCUT2D eigenvalue weighted by molar-refractivity contribution is 9.10. The van der Waals surface area contributed by atoms with E-state index >= 15 is 0 Å². The van der Waals surface area contributed by atoms with Gasteiger partial charge in [0.05, 0.1) is 14.2 Å². The molecule has 1 heterocycles. The van der Waals surface area contributed by atoms with Crippen LogP contribution < -0.4 is 9.47 Å². The van der Waals surface area contributed by atoms with Gasteiger partial charge in [0.2, 0.25) is 0 Å².